The van der Waals surface area contributed by atoms with E-state index < -0.39 is 0 Å². The van der Waals surface area contributed by atoms with Gasteiger partial charge in [-0.2, -0.15) is 0 Å². The first-order valence-corrected chi connectivity index (χ1v) is 18.2. The summed E-state index contributed by atoms with van der Waals surface area (Å²) < 4.78 is 2.26. The van der Waals surface area contributed by atoms with Crippen LogP contribution >= 0.6 is 21.6 Å². The van der Waals surface area contributed by atoms with Gasteiger partial charge in [-0.15, -0.1) is 0 Å². The summed E-state index contributed by atoms with van der Waals surface area (Å²) in [7, 11) is 8.34. The minimum atomic E-state index is 0.988. The lowest BCUT2D eigenvalue weighted by Crippen LogP contribution is -2.35. The third kappa shape index (κ3) is 9.57. The zero-order chi connectivity index (χ0) is 31.3. The predicted octanol–water partition coefficient (Wildman–Crippen LogP) is 8.61. The molecule has 1 aliphatic rings. The van der Waals surface area contributed by atoms with Crippen molar-refractivity contribution < 1.29 is 4.57 Å². The Bertz CT molecular complexity index is 1490. The Labute approximate surface area is 274 Å². The summed E-state index contributed by atoms with van der Waals surface area (Å²) in [6, 6.07) is 21.8. The van der Waals surface area contributed by atoms with Gasteiger partial charge in [0.15, 0.2) is 11.9 Å². The summed E-state index contributed by atoms with van der Waals surface area (Å²) in [6.07, 6.45) is 15.7. The molecule has 0 saturated carbocycles. The lowest BCUT2D eigenvalue weighted by atomic mass is 10.1. The largest absolute Gasteiger partial charge is 0.373 e. The normalized spacial score (nSPS) is 13.5. The van der Waals surface area contributed by atoms with Crippen LogP contribution in [0.3, 0.4) is 0 Å². The highest BCUT2D eigenvalue weighted by Crippen LogP contribution is 2.27. The molecule has 0 saturated heterocycles. The molecule has 0 spiro atoms. The van der Waals surface area contributed by atoms with Gasteiger partial charge in [0.1, 0.15) is 6.54 Å². The number of aryl methyl sites for hydroxylation is 2. The fourth-order valence-electron chi connectivity index (χ4n) is 5.40. The van der Waals surface area contributed by atoms with Gasteiger partial charge in [-0.25, -0.2) is 4.57 Å². The summed E-state index contributed by atoms with van der Waals surface area (Å²) >= 11 is 0. The number of hydrogen-bond acceptors (Lipinski definition) is 5. The van der Waals surface area contributed by atoms with E-state index in [-0.39, 0.29) is 0 Å². The van der Waals surface area contributed by atoms with E-state index >= 15 is 0 Å². The van der Waals surface area contributed by atoms with E-state index in [2.05, 4.69) is 164 Å². The minimum Gasteiger partial charge on any atom is -0.373 e. The molecule has 2 aromatic carbocycles. The van der Waals surface area contributed by atoms with E-state index in [4.69, 9.17) is 0 Å². The molecule has 4 nitrogen and oxygen atoms in total. The van der Waals surface area contributed by atoms with Crippen molar-refractivity contribution in [2.75, 3.05) is 61.6 Å². The number of anilines is 2. The molecular formula is C38H49N4S2+. The van der Waals surface area contributed by atoms with Crippen molar-refractivity contribution in [2.24, 2.45) is 0 Å². The molecule has 3 aromatic rings. The first-order chi connectivity index (χ1) is 21.4. The van der Waals surface area contributed by atoms with E-state index in [0.717, 1.165) is 44.2 Å². The summed E-state index contributed by atoms with van der Waals surface area (Å²) in [4.78, 5) is 7.15. The van der Waals surface area contributed by atoms with E-state index in [1.165, 1.54) is 45.0 Å². The van der Waals surface area contributed by atoms with Crippen molar-refractivity contribution >= 4 is 51.2 Å². The maximum absolute atomic E-state index is 2.39. The predicted molar refractivity (Wildman–Crippen MR) is 198 cm³/mol. The third-order valence-corrected chi connectivity index (χ3v) is 10.5. The Morgan fingerprint density at radius 1 is 0.795 bits per heavy atom. The highest BCUT2D eigenvalue weighted by molar-refractivity contribution is 8.76. The van der Waals surface area contributed by atoms with Gasteiger partial charge < -0.3 is 14.7 Å². The molecule has 4 rings (SSSR count). The van der Waals surface area contributed by atoms with Crippen LogP contribution in [0.15, 0.2) is 96.4 Å². The summed E-state index contributed by atoms with van der Waals surface area (Å²) in [6.45, 7) is 13.8. The second kappa shape index (κ2) is 17.2. The van der Waals surface area contributed by atoms with Gasteiger partial charge in [-0.1, -0.05) is 88.4 Å². The first kappa shape index (κ1) is 33.5. The molecular weight excluding hydrogens is 577 g/mol. The van der Waals surface area contributed by atoms with Crippen LogP contribution in [0.4, 0.5) is 11.4 Å². The Balaban J connectivity index is 1.23. The summed E-state index contributed by atoms with van der Waals surface area (Å²) in [5.74, 6) is 2.16. The molecule has 44 heavy (non-hydrogen) atoms. The number of nitrogens with zero attached hydrogens (tertiary/aromatic N) is 4. The van der Waals surface area contributed by atoms with Crippen molar-refractivity contribution in [1.29, 1.82) is 0 Å². The number of rotatable bonds is 15. The number of hydrogen-bond donors (Lipinski definition) is 0. The fraction of sp³-hybridized carbons (Fsp3) is 0.342. The van der Waals surface area contributed by atoms with Crippen molar-refractivity contribution in [3.8, 4) is 0 Å². The second-order valence-corrected chi connectivity index (χ2v) is 13.9. The van der Waals surface area contributed by atoms with Crippen LogP contribution in [0.1, 0.15) is 43.2 Å². The van der Waals surface area contributed by atoms with Gasteiger partial charge in [0.25, 0.3) is 0 Å². The SMILES string of the molecule is CCN1CC=C(/C=C/c2ccccc2N(C)CCSSCCN(C)c2ccccc2/C=C/c2cc[n+](CC)c(C)c2)C=C1C. The van der Waals surface area contributed by atoms with Crippen molar-refractivity contribution in [1.82, 2.24) is 4.90 Å². The number of likely N-dealkylation sites (N-methyl/N-ethyl adjacent to an activating group) is 1. The number of aromatic nitrogens is 1. The molecule has 0 radical (unpaired) electrons. The molecule has 0 bridgehead atoms. The molecule has 0 fully saturated rings. The molecule has 0 aliphatic carbocycles. The Morgan fingerprint density at radius 3 is 1.93 bits per heavy atom. The maximum Gasteiger partial charge on any atom is 0.178 e. The smallest absolute Gasteiger partial charge is 0.178 e. The topological polar surface area (TPSA) is 13.6 Å². The zero-order valence-electron chi connectivity index (χ0n) is 27.4. The summed E-state index contributed by atoms with van der Waals surface area (Å²) in [5, 5.41) is 0. The number of benzene rings is 2. The standard InChI is InChI=1S/C38H49N4S2/c1-7-41-23-21-33(29-31(41)3)17-19-35-13-9-11-15-37(35)39(5)25-27-43-44-28-26-40(6)38-16-12-10-14-36(38)20-18-34-22-24-42(8-2)32(4)30-34/h9-23,29-30H,7-8,24-28H2,1-6H3/q+1/b20-18+. The van der Waals surface area contributed by atoms with E-state index in [0.29, 0.717) is 0 Å². The molecule has 1 aromatic heterocycles. The average molecular weight is 626 g/mol. The zero-order valence-corrected chi connectivity index (χ0v) is 29.0. The second-order valence-electron chi connectivity index (χ2n) is 11.2. The van der Waals surface area contributed by atoms with Gasteiger partial charge in [0.05, 0.1) is 0 Å². The van der Waals surface area contributed by atoms with Crippen LogP contribution in [0.5, 0.6) is 0 Å². The molecule has 1 aliphatic heterocycles. The molecule has 6 heteroatoms. The van der Waals surface area contributed by atoms with E-state index in [1.807, 2.05) is 21.6 Å². The minimum absolute atomic E-state index is 0.988. The van der Waals surface area contributed by atoms with Crippen LogP contribution in [-0.4, -0.2) is 56.7 Å². The van der Waals surface area contributed by atoms with Gasteiger partial charge in [-0.3, -0.25) is 0 Å². The highest BCUT2D eigenvalue weighted by Gasteiger charge is 2.10. The lowest BCUT2D eigenvalue weighted by Gasteiger charge is -2.25. The molecule has 0 amide bonds. The van der Waals surface area contributed by atoms with Crippen LogP contribution in [0.25, 0.3) is 18.2 Å². The molecule has 0 N–H and O–H groups in total. The van der Waals surface area contributed by atoms with Crippen LogP contribution in [0.2, 0.25) is 0 Å². The van der Waals surface area contributed by atoms with Gasteiger partial charge in [0.2, 0.25) is 0 Å². The number of pyridine rings is 1. The fourth-order valence-corrected chi connectivity index (χ4v) is 7.49. The Hall–Kier alpha value is -3.35. The average Bonchev–Trinajstić information content (AvgIpc) is 3.04. The van der Waals surface area contributed by atoms with Crippen molar-refractivity contribution in [2.45, 2.75) is 34.2 Å². The van der Waals surface area contributed by atoms with E-state index in [9.17, 15) is 0 Å². The highest BCUT2D eigenvalue weighted by atomic mass is 33.1. The molecule has 232 valence electrons. The van der Waals surface area contributed by atoms with Crippen molar-refractivity contribution in [3.05, 3.63) is 119 Å². The Morgan fingerprint density at radius 2 is 1.39 bits per heavy atom. The monoisotopic (exact) mass is 625 g/mol. The molecule has 2 heterocycles. The van der Waals surface area contributed by atoms with Gasteiger partial charge >= 0.3 is 0 Å². The summed E-state index contributed by atoms with van der Waals surface area (Å²) in [5.41, 5.74) is 10.2. The Kier molecular flexibility index (Phi) is 13.1. The van der Waals surface area contributed by atoms with E-state index in [1.54, 1.807) is 0 Å². The van der Waals surface area contributed by atoms with Crippen molar-refractivity contribution in [3.63, 3.8) is 0 Å². The van der Waals surface area contributed by atoms with Gasteiger partial charge in [-0.05, 0) is 61.2 Å². The third-order valence-electron chi connectivity index (χ3n) is 8.13. The quantitative estimate of drug-likeness (QED) is 0.0951. The number of allylic oxidation sites excluding steroid dienone is 4. The maximum atomic E-state index is 2.39. The number of para-hydroxylation sites is 2. The molecule has 0 atom stereocenters. The molecule has 0 unspecified atom stereocenters. The van der Waals surface area contributed by atoms with Crippen LogP contribution in [-0.2, 0) is 6.54 Å². The van der Waals surface area contributed by atoms with Crippen LogP contribution in [0, 0.1) is 6.92 Å². The first-order valence-electron chi connectivity index (χ1n) is 15.7. The van der Waals surface area contributed by atoms with Crippen LogP contribution < -0.4 is 14.4 Å². The van der Waals surface area contributed by atoms with Gasteiger partial charge in [0, 0.05) is 87.9 Å². The lowest BCUT2D eigenvalue weighted by molar-refractivity contribution is -0.699.